The zero-order valence-corrected chi connectivity index (χ0v) is 33.7. The molecule has 0 amide bonds. The molecule has 0 aromatic heterocycles. The highest BCUT2D eigenvalue weighted by Gasteiger charge is 2.70. The monoisotopic (exact) mass is 700 g/mol. The lowest BCUT2D eigenvalue weighted by atomic mass is 9.36. The minimum atomic E-state index is -1.46. The SMILES string of the molecule is CC(C)C(=O)O[C@@H](C[C@@H](C)C1=C2C[C@H](OC(=O)C(C)C)[C@H]3[C@@]4(C)CCC(=O)C(C)(C)[C@@H]4CC[C@]3(C)[C@@]2(C)CC1)[C@@H](OC(=O)C(C)C)C(C)(C)O. The Morgan fingerprint density at radius 2 is 1.38 bits per heavy atom. The molecule has 0 aromatic rings. The normalized spacial score (nSPS) is 34.1. The molecule has 4 rings (SSSR count). The van der Waals surface area contributed by atoms with Crippen LogP contribution in [0.5, 0.6) is 0 Å². The van der Waals surface area contributed by atoms with Crippen molar-refractivity contribution in [3.8, 4) is 0 Å². The van der Waals surface area contributed by atoms with Crippen molar-refractivity contribution in [2.45, 2.75) is 172 Å². The van der Waals surface area contributed by atoms with E-state index in [0.717, 1.165) is 32.1 Å². The maximum Gasteiger partial charge on any atom is 0.308 e. The number of ether oxygens (including phenoxy) is 3. The third-order valence-corrected chi connectivity index (χ3v) is 14.0. The lowest BCUT2D eigenvalue weighted by Gasteiger charge is -2.69. The maximum atomic E-state index is 13.4. The van der Waals surface area contributed by atoms with Crippen LogP contribution in [0.3, 0.4) is 0 Å². The highest BCUT2D eigenvalue weighted by Crippen LogP contribution is 2.74. The first-order chi connectivity index (χ1) is 22.8. The van der Waals surface area contributed by atoms with E-state index in [0.29, 0.717) is 25.0 Å². The van der Waals surface area contributed by atoms with Gasteiger partial charge in [0.05, 0.1) is 23.4 Å². The summed E-state index contributed by atoms with van der Waals surface area (Å²) in [6, 6.07) is 0. The molecule has 0 heterocycles. The molecule has 8 nitrogen and oxygen atoms in total. The average molecular weight is 701 g/mol. The van der Waals surface area contributed by atoms with Crippen LogP contribution in [0.4, 0.5) is 0 Å². The average Bonchev–Trinajstić information content (AvgIpc) is 3.34. The van der Waals surface area contributed by atoms with Crippen LogP contribution in [-0.4, -0.2) is 52.7 Å². The van der Waals surface area contributed by atoms with Crippen molar-refractivity contribution < 1.29 is 38.5 Å². The Morgan fingerprint density at radius 3 is 1.92 bits per heavy atom. The van der Waals surface area contributed by atoms with Crippen molar-refractivity contribution in [3.05, 3.63) is 11.1 Å². The number of Topliss-reactive ketones (excluding diaryl/α,β-unsaturated/α-hetero) is 1. The van der Waals surface area contributed by atoms with Gasteiger partial charge in [-0.15, -0.1) is 0 Å². The minimum Gasteiger partial charge on any atom is -0.461 e. The number of ketones is 1. The van der Waals surface area contributed by atoms with E-state index in [2.05, 4.69) is 41.5 Å². The standard InChI is InChI=1S/C42H68O8/c1-23(2)35(44)48-29-22-28-27(26(7)21-30(49-36(45)24(3)4)34(39(10,11)47)50-37(46)25(5)6)15-19-41(28,13)42(14)20-16-31-38(8,9)32(43)17-18-40(31,12)33(29)42/h23-26,29-31,33-34,47H,15-22H2,1-14H3/t26-,29+,30+,31+,33+,34-,40+,41+,42+/m1/s1. The summed E-state index contributed by atoms with van der Waals surface area (Å²) < 4.78 is 18.6. The van der Waals surface area contributed by atoms with E-state index in [4.69, 9.17) is 14.2 Å². The summed E-state index contributed by atoms with van der Waals surface area (Å²) in [4.78, 5) is 52.7. The largest absolute Gasteiger partial charge is 0.461 e. The van der Waals surface area contributed by atoms with Crippen molar-refractivity contribution in [1.29, 1.82) is 0 Å². The van der Waals surface area contributed by atoms with E-state index in [-0.39, 0.29) is 52.0 Å². The number of allylic oxidation sites excluding steroid dienone is 1. The number of aliphatic hydroxyl groups is 1. The van der Waals surface area contributed by atoms with E-state index >= 15 is 0 Å². The first-order valence-electron chi connectivity index (χ1n) is 19.4. The molecule has 1 N–H and O–H groups in total. The van der Waals surface area contributed by atoms with Crippen molar-refractivity contribution in [3.63, 3.8) is 0 Å². The molecule has 3 fully saturated rings. The summed E-state index contributed by atoms with van der Waals surface area (Å²) in [5.74, 6) is -1.51. The van der Waals surface area contributed by atoms with Gasteiger partial charge in [0.25, 0.3) is 0 Å². The number of esters is 3. The number of rotatable bonds is 11. The van der Waals surface area contributed by atoms with Gasteiger partial charge < -0.3 is 19.3 Å². The van der Waals surface area contributed by atoms with Gasteiger partial charge >= 0.3 is 17.9 Å². The number of carbonyl (C=O) groups is 4. The Hall–Kier alpha value is -2.22. The van der Waals surface area contributed by atoms with Gasteiger partial charge in [-0.25, -0.2) is 0 Å². The molecule has 3 saturated carbocycles. The Labute approximate surface area is 302 Å². The van der Waals surface area contributed by atoms with Crippen LogP contribution in [0.25, 0.3) is 0 Å². The number of hydrogen-bond acceptors (Lipinski definition) is 8. The molecule has 9 atom stereocenters. The van der Waals surface area contributed by atoms with Gasteiger partial charge in [-0.05, 0) is 80.5 Å². The van der Waals surface area contributed by atoms with Crippen LogP contribution in [0.2, 0.25) is 0 Å². The number of carbonyl (C=O) groups excluding carboxylic acids is 4. The molecule has 284 valence electrons. The van der Waals surface area contributed by atoms with Gasteiger partial charge in [0, 0.05) is 24.2 Å². The zero-order chi connectivity index (χ0) is 37.9. The van der Waals surface area contributed by atoms with Gasteiger partial charge in [0.2, 0.25) is 0 Å². The van der Waals surface area contributed by atoms with E-state index in [1.807, 2.05) is 13.8 Å². The number of fused-ring (bicyclic) bond motifs is 5. The lowest BCUT2D eigenvalue weighted by Crippen LogP contribution is -2.66. The van der Waals surface area contributed by atoms with Crippen molar-refractivity contribution >= 4 is 23.7 Å². The van der Waals surface area contributed by atoms with E-state index in [1.54, 1.807) is 41.5 Å². The molecule has 0 bridgehead atoms. The van der Waals surface area contributed by atoms with Crippen LogP contribution in [0.15, 0.2) is 11.1 Å². The van der Waals surface area contributed by atoms with Crippen LogP contribution in [0, 0.1) is 57.2 Å². The first-order valence-corrected chi connectivity index (χ1v) is 19.4. The minimum absolute atomic E-state index is 0.0563. The van der Waals surface area contributed by atoms with Crippen LogP contribution < -0.4 is 0 Å². The van der Waals surface area contributed by atoms with Crippen molar-refractivity contribution in [2.24, 2.45) is 57.2 Å². The van der Waals surface area contributed by atoms with Crippen LogP contribution in [-0.2, 0) is 33.4 Å². The molecular formula is C42H68O8. The first kappa shape index (κ1) is 40.5. The van der Waals surface area contributed by atoms with Gasteiger partial charge in [-0.2, -0.15) is 0 Å². The van der Waals surface area contributed by atoms with E-state index in [1.165, 1.54) is 11.1 Å². The van der Waals surface area contributed by atoms with Gasteiger partial charge in [0.1, 0.15) is 18.0 Å². The summed E-state index contributed by atoms with van der Waals surface area (Å²) >= 11 is 0. The predicted molar refractivity (Wildman–Crippen MR) is 194 cm³/mol. The third kappa shape index (κ3) is 6.97. The van der Waals surface area contributed by atoms with E-state index in [9.17, 15) is 24.3 Å². The van der Waals surface area contributed by atoms with Crippen molar-refractivity contribution in [1.82, 2.24) is 0 Å². The molecule has 0 unspecified atom stereocenters. The van der Waals surface area contributed by atoms with Crippen LogP contribution in [0.1, 0.15) is 148 Å². The molecule has 50 heavy (non-hydrogen) atoms. The fourth-order valence-electron chi connectivity index (χ4n) is 11.0. The molecule has 4 aliphatic rings. The van der Waals surface area contributed by atoms with Gasteiger partial charge in [0.15, 0.2) is 6.10 Å². The molecule has 0 radical (unpaired) electrons. The summed E-state index contributed by atoms with van der Waals surface area (Å²) in [6.45, 7) is 27.6. The molecule has 0 spiro atoms. The molecule has 4 aliphatic carbocycles. The summed E-state index contributed by atoms with van der Waals surface area (Å²) in [6.07, 6.45) is 3.89. The predicted octanol–water partition coefficient (Wildman–Crippen LogP) is 8.42. The summed E-state index contributed by atoms with van der Waals surface area (Å²) in [5, 5.41) is 11.3. The second-order valence-corrected chi connectivity index (χ2v) is 19.2. The van der Waals surface area contributed by atoms with Crippen molar-refractivity contribution in [2.75, 3.05) is 0 Å². The molecule has 8 heteroatoms. The molecular weight excluding hydrogens is 632 g/mol. The van der Waals surface area contributed by atoms with Gasteiger partial charge in [-0.1, -0.05) is 94.2 Å². The topological polar surface area (TPSA) is 116 Å². The Balaban J connectivity index is 1.80. The summed E-state index contributed by atoms with van der Waals surface area (Å²) in [7, 11) is 0. The highest BCUT2D eigenvalue weighted by atomic mass is 16.6. The summed E-state index contributed by atoms with van der Waals surface area (Å²) in [5.41, 5.74) is 0.269. The molecule has 0 aliphatic heterocycles. The highest BCUT2D eigenvalue weighted by molar-refractivity contribution is 5.85. The zero-order valence-electron chi connectivity index (χ0n) is 33.7. The van der Waals surface area contributed by atoms with Gasteiger partial charge in [-0.3, -0.25) is 19.2 Å². The lowest BCUT2D eigenvalue weighted by molar-refractivity contribution is -0.219. The van der Waals surface area contributed by atoms with Crippen LogP contribution >= 0.6 is 0 Å². The fraction of sp³-hybridized carbons (Fsp3) is 0.857. The Bertz CT molecular complexity index is 1370. The fourth-order valence-corrected chi connectivity index (χ4v) is 11.0. The third-order valence-electron chi connectivity index (χ3n) is 14.0. The Morgan fingerprint density at radius 1 is 0.820 bits per heavy atom. The Kier molecular flexibility index (Phi) is 11.3. The second-order valence-electron chi connectivity index (χ2n) is 19.2. The van der Waals surface area contributed by atoms with E-state index < -0.39 is 47.0 Å². The molecule has 0 aromatic carbocycles. The quantitative estimate of drug-likeness (QED) is 0.130. The smallest absolute Gasteiger partial charge is 0.308 e. The molecule has 0 saturated heterocycles. The number of hydrogen-bond donors (Lipinski definition) is 1. The maximum absolute atomic E-state index is 13.4. The second kappa shape index (κ2) is 14.0.